The fourth-order valence-electron chi connectivity index (χ4n) is 2.76. The molecule has 1 amide bonds. The molecule has 1 atom stereocenters. The standard InChI is InChI=1S/C17H21N3O2/c1-13(20-9-7-18-12-20)17(21)19-8-10-22-16-6-5-14-3-2-4-15(14)11-16/h5-7,9,11-13H,2-4,8,10H2,1H3,(H,19,21)/t13-/m0/s1. The van der Waals surface area contributed by atoms with Crippen molar-refractivity contribution in [3.05, 3.63) is 48.0 Å². The van der Waals surface area contributed by atoms with Crippen LogP contribution in [-0.4, -0.2) is 28.6 Å². The van der Waals surface area contributed by atoms with Gasteiger partial charge < -0.3 is 14.6 Å². The van der Waals surface area contributed by atoms with Gasteiger partial charge in [-0.3, -0.25) is 4.79 Å². The zero-order valence-corrected chi connectivity index (χ0v) is 12.8. The zero-order valence-electron chi connectivity index (χ0n) is 12.8. The molecule has 0 spiro atoms. The first-order valence-electron chi connectivity index (χ1n) is 7.74. The van der Waals surface area contributed by atoms with Gasteiger partial charge in [0.2, 0.25) is 5.91 Å². The third-order valence-corrected chi connectivity index (χ3v) is 4.09. The molecule has 2 aromatic rings. The number of hydrogen-bond donors (Lipinski definition) is 1. The largest absolute Gasteiger partial charge is 0.492 e. The number of aromatic nitrogens is 2. The van der Waals surface area contributed by atoms with Crippen LogP contribution >= 0.6 is 0 Å². The third kappa shape index (κ3) is 3.30. The molecule has 1 N–H and O–H groups in total. The first kappa shape index (κ1) is 14.6. The van der Waals surface area contributed by atoms with E-state index in [2.05, 4.69) is 22.4 Å². The molecule has 22 heavy (non-hydrogen) atoms. The molecule has 3 rings (SSSR count). The van der Waals surface area contributed by atoms with Gasteiger partial charge in [-0.25, -0.2) is 4.98 Å². The lowest BCUT2D eigenvalue weighted by Crippen LogP contribution is -2.33. The number of hydrogen-bond acceptors (Lipinski definition) is 3. The molecule has 5 nitrogen and oxygen atoms in total. The molecule has 1 aromatic carbocycles. The van der Waals surface area contributed by atoms with E-state index >= 15 is 0 Å². The number of nitrogens with zero attached hydrogens (tertiary/aromatic N) is 2. The maximum atomic E-state index is 12.0. The van der Waals surface area contributed by atoms with Crippen molar-refractivity contribution >= 4 is 5.91 Å². The average molecular weight is 299 g/mol. The smallest absolute Gasteiger partial charge is 0.242 e. The Kier molecular flexibility index (Phi) is 4.42. The minimum absolute atomic E-state index is 0.0319. The van der Waals surface area contributed by atoms with E-state index in [1.807, 2.05) is 13.0 Å². The Balaban J connectivity index is 1.43. The van der Waals surface area contributed by atoms with Gasteiger partial charge in [0.1, 0.15) is 18.4 Å². The van der Waals surface area contributed by atoms with Crippen molar-refractivity contribution in [2.75, 3.05) is 13.2 Å². The molecule has 1 aromatic heterocycles. The van der Waals surface area contributed by atoms with Crippen LogP contribution in [-0.2, 0) is 17.6 Å². The van der Waals surface area contributed by atoms with Crippen LogP contribution in [0.1, 0.15) is 30.5 Å². The molecule has 5 heteroatoms. The van der Waals surface area contributed by atoms with E-state index in [-0.39, 0.29) is 11.9 Å². The minimum atomic E-state index is -0.262. The van der Waals surface area contributed by atoms with Crippen molar-refractivity contribution in [1.82, 2.24) is 14.9 Å². The summed E-state index contributed by atoms with van der Waals surface area (Å²) in [4.78, 5) is 15.9. The number of imidazole rings is 1. The zero-order chi connectivity index (χ0) is 15.4. The molecule has 0 unspecified atom stereocenters. The predicted octanol–water partition coefficient (Wildman–Crippen LogP) is 2.13. The van der Waals surface area contributed by atoms with Crippen molar-refractivity contribution < 1.29 is 9.53 Å². The Morgan fingerprint density at radius 2 is 2.27 bits per heavy atom. The summed E-state index contributed by atoms with van der Waals surface area (Å²) in [7, 11) is 0. The molecule has 1 aliphatic carbocycles. The minimum Gasteiger partial charge on any atom is -0.492 e. The van der Waals surface area contributed by atoms with Crippen molar-refractivity contribution in [3.63, 3.8) is 0 Å². The summed E-state index contributed by atoms with van der Waals surface area (Å²) in [5, 5.41) is 2.88. The van der Waals surface area contributed by atoms with Gasteiger partial charge in [-0.05, 0) is 49.4 Å². The molecule has 0 bridgehead atoms. The highest BCUT2D eigenvalue weighted by atomic mass is 16.5. The molecule has 0 saturated heterocycles. The number of amides is 1. The molecule has 0 aliphatic heterocycles. The van der Waals surface area contributed by atoms with Gasteiger partial charge in [-0.2, -0.15) is 0 Å². The van der Waals surface area contributed by atoms with Gasteiger partial charge in [0, 0.05) is 12.4 Å². The molecule has 1 aliphatic rings. The first-order valence-corrected chi connectivity index (χ1v) is 7.74. The van der Waals surface area contributed by atoms with Crippen LogP contribution in [0.4, 0.5) is 0 Å². The van der Waals surface area contributed by atoms with E-state index in [0.29, 0.717) is 13.2 Å². The van der Waals surface area contributed by atoms with Gasteiger partial charge in [0.05, 0.1) is 12.9 Å². The van der Waals surface area contributed by atoms with Crippen molar-refractivity contribution in [2.24, 2.45) is 0 Å². The summed E-state index contributed by atoms with van der Waals surface area (Å²) in [6, 6.07) is 6.03. The van der Waals surface area contributed by atoms with E-state index in [9.17, 15) is 4.79 Å². The molecule has 0 radical (unpaired) electrons. The molecule has 116 valence electrons. The molecule has 1 heterocycles. The highest BCUT2D eigenvalue weighted by Crippen LogP contribution is 2.25. The second-order valence-electron chi connectivity index (χ2n) is 5.61. The summed E-state index contributed by atoms with van der Waals surface area (Å²) in [5.41, 5.74) is 2.84. The monoisotopic (exact) mass is 299 g/mol. The van der Waals surface area contributed by atoms with Crippen LogP contribution in [0.15, 0.2) is 36.9 Å². The molecule has 0 fully saturated rings. The highest BCUT2D eigenvalue weighted by Gasteiger charge is 2.14. The number of carbonyl (C=O) groups is 1. The summed E-state index contributed by atoms with van der Waals surface area (Å²) < 4.78 is 7.49. The lowest BCUT2D eigenvalue weighted by atomic mass is 10.1. The quantitative estimate of drug-likeness (QED) is 0.831. The Morgan fingerprint density at radius 1 is 1.41 bits per heavy atom. The van der Waals surface area contributed by atoms with E-state index in [1.165, 1.54) is 24.0 Å². The summed E-state index contributed by atoms with van der Waals surface area (Å²) in [6.45, 7) is 2.81. The van der Waals surface area contributed by atoms with Crippen LogP contribution in [0.2, 0.25) is 0 Å². The highest BCUT2D eigenvalue weighted by molar-refractivity contribution is 5.79. The van der Waals surface area contributed by atoms with Gasteiger partial charge in [-0.1, -0.05) is 6.07 Å². The lowest BCUT2D eigenvalue weighted by Gasteiger charge is -2.14. The number of benzene rings is 1. The van der Waals surface area contributed by atoms with E-state index < -0.39 is 0 Å². The van der Waals surface area contributed by atoms with Crippen LogP contribution in [0.25, 0.3) is 0 Å². The number of rotatable bonds is 6. The number of carbonyl (C=O) groups excluding carboxylic acids is 1. The Hall–Kier alpha value is -2.30. The molecule has 0 saturated carbocycles. The van der Waals surface area contributed by atoms with Gasteiger partial charge in [-0.15, -0.1) is 0 Å². The number of aryl methyl sites for hydroxylation is 2. The van der Waals surface area contributed by atoms with E-state index in [1.54, 1.807) is 23.3 Å². The van der Waals surface area contributed by atoms with Crippen molar-refractivity contribution in [3.8, 4) is 5.75 Å². The molecular weight excluding hydrogens is 278 g/mol. The maximum absolute atomic E-state index is 12.0. The van der Waals surface area contributed by atoms with Crippen LogP contribution in [0.3, 0.4) is 0 Å². The van der Waals surface area contributed by atoms with Crippen molar-refractivity contribution in [1.29, 1.82) is 0 Å². The van der Waals surface area contributed by atoms with Gasteiger partial charge >= 0.3 is 0 Å². The summed E-state index contributed by atoms with van der Waals surface area (Å²) in [6.07, 6.45) is 8.65. The van der Waals surface area contributed by atoms with Crippen LogP contribution in [0.5, 0.6) is 5.75 Å². The number of fused-ring (bicyclic) bond motifs is 1. The number of ether oxygens (including phenoxy) is 1. The fourth-order valence-corrected chi connectivity index (χ4v) is 2.76. The fraction of sp³-hybridized carbons (Fsp3) is 0.412. The SMILES string of the molecule is C[C@@H](C(=O)NCCOc1ccc2c(c1)CCC2)n1ccnc1. The predicted molar refractivity (Wildman–Crippen MR) is 83.9 cm³/mol. The second kappa shape index (κ2) is 6.64. The first-order chi connectivity index (χ1) is 10.7. The Morgan fingerprint density at radius 3 is 3.09 bits per heavy atom. The summed E-state index contributed by atoms with van der Waals surface area (Å²) in [5.74, 6) is 0.855. The second-order valence-corrected chi connectivity index (χ2v) is 5.61. The normalized spacial score (nSPS) is 14.4. The molecular formula is C17H21N3O2. The Labute approximate surface area is 130 Å². The van der Waals surface area contributed by atoms with E-state index in [0.717, 1.165) is 12.2 Å². The van der Waals surface area contributed by atoms with Gasteiger partial charge in [0.25, 0.3) is 0 Å². The van der Waals surface area contributed by atoms with Crippen LogP contribution < -0.4 is 10.1 Å². The number of nitrogens with one attached hydrogen (secondary N) is 1. The van der Waals surface area contributed by atoms with Crippen molar-refractivity contribution in [2.45, 2.75) is 32.2 Å². The maximum Gasteiger partial charge on any atom is 0.242 e. The Bertz CT molecular complexity index is 637. The lowest BCUT2D eigenvalue weighted by molar-refractivity contribution is -0.123. The van der Waals surface area contributed by atoms with Crippen LogP contribution in [0, 0.1) is 0 Å². The van der Waals surface area contributed by atoms with Gasteiger partial charge in [0.15, 0.2) is 0 Å². The topological polar surface area (TPSA) is 56.1 Å². The van der Waals surface area contributed by atoms with E-state index in [4.69, 9.17) is 4.74 Å². The summed E-state index contributed by atoms with van der Waals surface area (Å²) >= 11 is 0. The third-order valence-electron chi connectivity index (χ3n) is 4.09. The average Bonchev–Trinajstić information content (AvgIpc) is 3.20.